The molecule has 24 heavy (non-hydrogen) atoms. The van der Waals surface area contributed by atoms with Crippen molar-refractivity contribution in [3.8, 4) is 0 Å². The lowest BCUT2D eigenvalue weighted by Crippen LogP contribution is -2.39. The molecule has 1 amide bonds. The van der Waals surface area contributed by atoms with Crippen LogP contribution in [0.1, 0.15) is 46.7 Å². The van der Waals surface area contributed by atoms with Gasteiger partial charge < -0.3 is 18.8 Å². The smallest absolute Gasteiger partial charge is 0.292 e. The summed E-state index contributed by atoms with van der Waals surface area (Å²) >= 11 is 0. The predicted octanol–water partition coefficient (Wildman–Crippen LogP) is 1.04. The van der Waals surface area contributed by atoms with E-state index in [0.29, 0.717) is 30.5 Å². The molecular weight excluding hydrogens is 308 g/mol. The topological polar surface area (TPSA) is 80.3 Å². The van der Waals surface area contributed by atoms with Crippen LogP contribution in [0.2, 0.25) is 0 Å². The highest BCUT2D eigenvalue weighted by molar-refractivity contribution is 5.92. The number of rotatable bonds is 2. The molecule has 0 atom stereocenters. The minimum absolute atomic E-state index is 0.125. The molecule has 2 aromatic heterocycles. The zero-order valence-corrected chi connectivity index (χ0v) is 14.1. The second-order valence-electron chi connectivity index (χ2n) is 6.70. The molecule has 0 saturated carbocycles. The molecule has 0 aliphatic carbocycles. The molecule has 4 heterocycles. The molecule has 2 aromatic rings. The highest BCUT2D eigenvalue weighted by atomic mass is 16.3. The highest BCUT2D eigenvalue weighted by Crippen LogP contribution is 2.28. The van der Waals surface area contributed by atoms with Crippen molar-refractivity contribution in [2.45, 2.75) is 38.8 Å². The number of amides is 1. The maximum Gasteiger partial charge on any atom is 0.292 e. The minimum Gasteiger partial charge on any atom is -0.438 e. The van der Waals surface area contributed by atoms with E-state index in [2.05, 4.69) is 31.7 Å². The van der Waals surface area contributed by atoms with E-state index >= 15 is 0 Å². The lowest BCUT2D eigenvalue weighted by atomic mass is 9.96. The van der Waals surface area contributed by atoms with Crippen LogP contribution in [-0.2, 0) is 13.1 Å². The fraction of sp³-hybridized carbons (Fsp3) is 0.625. The van der Waals surface area contributed by atoms with Crippen molar-refractivity contribution in [3.05, 3.63) is 29.5 Å². The van der Waals surface area contributed by atoms with E-state index in [1.807, 2.05) is 0 Å². The van der Waals surface area contributed by atoms with Gasteiger partial charge in [0.1, 0.15) is 5.82 Å². The Morgan fingerprint density at radius 1 is 1.21 bits per heavy atom. The normalized spacial score (nSPS) is 19.5. The molecule has 0 bridgehead atoms. The van der Waals surface area contributed by atoms with Gasteiger partial charge in [0.15, 0.2) is 12.2 Å². The lowest BCUT2D eigenvalue weighted by molar-refractivity contribution is 0.0672. The number of oxazole rings is 1. The first-order valence-corrected chi connectivity index (χ1v) is 8.43. The average Bonchev–Trinajstić information content (AvgIpc) is 3.20. The molecule has 8 heteroatoms. The Morgan fingerprint density at radius 3 is 2.71 bits per heavy atom. The number of hydrogen-bond donors (Lipinski definition) is 0. The number of nitrogens with zero attached hydrogens (tertiary/aromatic N) is 6. The number of hydrogen-bond acceptors (Lipinski definition) is 6. The number of likely N-dealkylation sites (tertiary alicyclic amines) is 1. The summed E-state index contributed by atoms with van der Waals surface area (Å²) in [5.74, 6) is 2.61. The Balaban J connectivity index is 1.51. The first-order chi connectivity index (χ1) is 11.6. The van der Waals surface area contributed by atoms with Gasteiger partial charge in [-0.3, -0.25) is 4.79 Å². The molecular formula is C16H22N6O2. The summed E-state index contributed by atoms with van der Waals surface area (Å²) in [5.41, 5.74) is 0.624. The van der Waals surface area contributed by atoms with Gasteiger partial charge in [-0.25, -0.2) is 4.98 Å². The first kappa shape index (κ1) is 15.3. The van der Waals surface area contributed by atoms with Gasteiger partial charge in [-0.05, 0) is 39.9 Å². The van der Waals surface area contributed by atoms with E-state index in [1.54, 1.807) is 11.8 Å². The fourth-order valence-corrected chi connectivity index (χ4v) is 3.57. The van der Waals surface area contributed by atoms with E-state index in [1.165, 1.54) is 6.39 Å². The second kappa shape index (κ2) is 6.01. The zero-order chi connectivity index (χ0) is 16.7. The summed E-state index contributed by atoms with van der Waals surface area (Å²) in [5, 5.41) is 8.79. The van der Waals surface area contributed by atoms with Crippen LogP contribution < -0.4 is 0 Å². The van der Waals surface area contributed by atoms with Gasteiger partial charge in [0.25, 0.3) is 5.91 Å². The van der Waals surface area contributed by atoms with Crippen molar-refractivity contribution in [2.75, 3.05) is 26.7 Å². The average molecular weight is 330 g/mol. The third-order valence-electron chi connectivity index (χ3n) is 5.09. The maximum atomic E-state index is 12.6. The van der Waals surface area contributed by atoms with E-state index in [0.717, 1.165) is 44.1 Å². The van der Waals surface area contributed by atoms with E-state index in [9.17, 15) is 4.79 Å². The summed E-state index contributed by atoms with van der Waals surface area (Å²) in [6.07, 6.45) is 3.55. The minimum atomic E-state index is -0.125. The van der Waals surface area contributed by atoms with Gasteiger partial charge in [-0.15, -0.1) is 10.2 Å². The van der Waals surface area contributed by atoms with Crippen LogP contribution in [-0.4, -0.2) is 62.1 Å². The molecule has 2 aliphatic heterocycles. The third kappa shape index (κ3) is 2.60. The van der Waals surface area contributed by atoms with Crippen LogP contribution >= 0.6 is 0 Å². The van der Waals surface area contributed by atoms with Crippen molar-refractivity contribution in [2.24, 2.45) is 0 Å². The standard InChI is InChI=1S/C16H22N6O2/c1-11-14(24-10-17-11)16(23)21-7-8-22-13(9-21)18-19-15(22)12-3-5-20(2)6-4-12/h10,12H,3-9H2,1-2H3. The SMILES string of the molecule is Cc1ncoc1C(=O)N1CCn2c(nnc2C2CCN(C)CC2)C1. The van der Waals surface area contributed by atoms with Crippen LogP contribution in [0.4, 0.5) is 0 Å². The predicted molar refractivity (Wildman–Crippen MR) is 85.5 cm³/mol. The lowest BCUT2D eigenvalue weighted by Gasteiger charge is -2.31. The summed E-state index contributed by atoms with van der Waals surface area (Å²) < 4.78 is 7.43. The Hall–Kier alpha value is -2.22. The van der Waals surface area contributed by atoms with Crippen LogP contribution in [0.15, 0.2) is 10.8 Å². The van der Waals surface area contributed by atoms with Crippen molar-refractivity contribution in [3.63, 3.8) is 0 Å². The first-order valence-electron chi connectivity index (χ1n) is 8.43. The summed E-state index contributed by atoms with van der Waals surface area (Å²) in [6, 6.07) is 0. The van der Waals surface area contributed by atoms with E-state index in [4.69, 9.17) is 4.42 Å². The van der Waals surface area contributed by atoms with Crippen LogP contribution in [0.5, 0.6) is 0 Å². The van der Waals surface area contributed by atoms with Crippen molar-refractivity contribution >= 4 is 5.91 Å². The molecule has 0 aromatic carbocycles. The summed E-state index contributed by atoms with van der Waals surface area (Å²) in [6.45, 7) is 5.83. The van der Waals surface area contributed by atoms with Crippen LogP contribution in [0.25, 0.3) is 0 Å². The summed E-state index contributed by atoms with van der Waals surface area (Å²) in [4.78, 5) is 20.7. The molecule has 8 nitrogen and oxygen atoms in total. The van der Waals surface area contributed by atoms with Gasteiger partial charge in [-0.1, -0.05) is 0 Å². The molecule has 4 rings (SSSR count). The Labute approximate surface area is 140 Å². The number of fused-ring (bicyclic) bond motifs is 1. The quantitative estimate of drug-likeness (QED) is 0.818. The van der Waals surface area contributed by atoms with E-state index < -0.39 is 0 Å². The van der Waals surface area contributed by atoms with Gasteiger partial charge in [0, 0.05) is 19.0 Å². The van der Waals surface area contributed by atoms with Crippen molar-refractivity contribution in [1.82, 2.24) is 29.5 Å². The van der Waals surface area contributed by atoms with Crippen LogP contribution in [0.3, 0.4) is 0 Å². The third-order valence-corrected chi connectivity index (χ3v) is 5.09. The Bertz CT molecular complexity index is 744. The zero-order valence-electron chi connectivity index (χ0n) is 14.1. The van der Waals surface area contributed by atoms with E-state index in [-0.39, 0.29) is 5.91 Å². The van der Waals surface area contributed by atoms with Gasteiger partial charge in [0.2, 0.25) is 5.76 Å². The maximum absolute atomic E-state index is 12.6. The molecule has 0 unspecified atom stereocenters. The molecule has 0 N–H and O–H groups in total. The van der Waals surface area contributed by atoms with Crippen molar-refractivity contribution < 1.29 is 9.21 Å². The van der Waals surface area contributed by atoms with Gasteiger partial charge in [-0.2, -0.15) is 0 Å². The molecule has 0 radical (unpaired) electrons. The Morgan fingerprint density at radius 2 is 2.00 bits per heavy atom. The molecule has 1 fully saturated rings. The molecule has 2 aliphatic rings. The van der Waals surface area contributed by atoms with Gasteiger partial charge >= 0.3 is 0 Å². The fourth-order valence-electron chi connectivity index (χ4n) is 3.57. The number of aromatic nitrogens is 4. The number of carbonyl (C=O) groups excluding carboxylic acids is 1. The highest BCUT2D eigenvalue weighted by Gasteiger charge is 2.30. The van der Waals surface area contributed by atoms with Crippen LogP contribution in [0, 0.1) is 6.92 Å². The monoisotopic (exact) mass is 330 g/mol. The van der Waals surface area contributed by atoms with Gasteiger partial charge in [0.05, 0.1) is 12.2 Å². The summed E-state index contributed by atoms with van der Waals surface area (Å²) in [7, 11) is 2.16. The number of carbonyl (C=O) groups is 1. The molecule has 128 valence electrons. The van der Waals surface area contributed by atoms with Crippen molar-refractivity contribution in [1.29, 1.82) is 0 Å². The largest absolute Gasteiger partial charge is 0.438 e. The molecule has 1 saturated heterocycles. The Kier molecular flexibility index (Phi) is 3.84. The second-order valence-corrected chi connectivity index (χ2v) is 6.70. The molecule has 0 spiro atoms. The number of aryl methyl sites for hydroxylation is 1. The number of piperidine rings is 1.